The Morgan fingerprint density at radius 1 is 1.11 bits per heavy atom. The number of hydrogen-bond acceptors (Lipinski definition) is 3. The molecular formula is C15H13NOS. The summed E-state index contributed by atoms with van der Waals surface area (Å²) in [4.78, 5) is 4.39. The van der Waals surface area contributed by atoms with Gasteiger partial charge >= 0.3 is 0 Å². The van der Waals surface area contributed by atoms with Crippen LogP contribution in [0.4, 0.5) is 0 Å². The summed E-state index contributed by atoms with van der Waals surface area (Å²) in [6, 6.07) is 13.8. The number of aliphatic hydroxyl groups is 1. The van der Waals surface area contributed by atoms with Crippen molar-refractivity contribution >= 4 is 21.4 Å². The van der Waals surface area contributed by atoms with E-state index >= 15 is 0 Å². The topological polar surface area (TPSA) is 33.1 Å². The molecule has 18 heavy (non-hydrogen) atoms. The molecule has 0 bridgehead atoms. The standard InChI is InChI=1S/C15H13NOS/c17-14(11-4-2-1-3-5-11)10-13-12-7-9-18-15(12)6-8-16-13/h1-9,14,17H,10H2. The molecule has 0 saturated heterocycles. The zero-order valence-corrected chi connectivity index (χ0v) is 10.6. The number of nitrogens with zero attached hydrogens (tertiary/aromatic N) is 1. The fourth-order valence-electron chi connectivity index (χ4n) is 2.09. The van der Waals surface area contributed by atoms with Crippen LogP contribution < -0.4 is 0 Å². The summed E-state index contributed by atoms with van der Waals surface area (Å²) in [5, 5.41) is 13.4. The minimum absolute atomic E-state index is 0.496. The third-order valence-electron chi connectivity index (χ3n) is 3.03. The molecule has 2 nitrogen and oxygen atoms in total. The molecule has 1 aromatic carbocycles. The fraction of sp³-hybridized carbons (Fsp3) is 0.133. The normalized spacial score (nSPS) is 12.7. The van der Waals surface area contributed by atoms with E-state index in [0.717, 1.165) is 16.6 Å². The lowest BCUT2D eigenvalue weighted by molar-refractivity contribution is 0.177. The lowest BCUT2D eigenvalue weighted by Crippen LogP contribution is -2.03. The summed E-state index contributed by atoms with van der Waals surface area (Å²) >= 11 is 1.70. The number of hydrogen-bond donors (Lipinski definition) is 1. The summed E-state index contributed by atoms with van der Waals surface area (Å²) in [5.41, 5.74) is 1.90. The monoisotopic (exact) mass is 255 g/mol. The van der Waals surface area contributed by atoms with Crippen LogP contribution in [0.2, 0.25) is 0 Å². The highest BCUT2D eigenvalue weighted by atomic mass is 32.1. The molecule has 0 aliphatic heterocycles. The van der Waals surface area contributed by atoms with Crippen molar-refractivity contribution in [3.05, 3.63) is 65.3 Å². The molecule has 0 aliphatic rings. The summed E-state index contributed by atoms with van der Waals surface area (Å²) in [6.07, 6.45) is 1.87. The SMILES string of the molecule is OC(Cc1nccc2sccc12)c1ccccc1. The van der Waals surface area contributed by atoms with E-state index < -0.39 is 6.10 Å². The molecule has 90 valence electrons. The number of benzene rings is 1. The second kappa shape index (κ2) is 4.88. The van der Waals surface area contributed by atoms with Crippen LogP contribution in [0.5, 0.6) is 0 Å². The van der Waals surface area contributed by atoms with Crippen LogP contribution in [0.15, 0.2) is 54.0 Å². The number of fused-ring (bicyclic) bond motifs is 1. The van der Waals surface area contributed by atoms with Crippen molar-refractivity contribution in [1.29, 1.82) is 0 Å². The lowest BCUT2D eigenvalue weighted by Gasteiger charge is -2.10. The quantitative estimate of drug-likeness (QED) is 0.776. The molecule has 0 spiro atoms. The van der Waals surface area contributed by atoms with Gasteiger partial charge in [-0.25, -0.2) is 0 Å². The molecule has 0 amide bonds. The Bertz CT molecular complexity index is 648. The highest BCUT2D eigenvalue weighted by molar-refractivity contribution is 7.17. The van der Waals surface area contributed by atoms with Crippen LogP contribution in [-0.2, 0) is 6.42 Å². The minimum atomic E-state index is -0.496. The number of aliphatic hydroxyl groups excluding tert-OH is 1. The fourth-order valence-corrected chi connectivity index (χ4v) is 2.89. The first-order chi connectivity index (χ1) is 8.84. The van der Waals surface area contributed by atoms with Crippen molar-refractivity contribution in [3.8, 4) is 0 Å². The molecule has 1 N–H and O–H groups in total. The summed E-state index contributed by atoms with van der Waals surface area (Å²) in [6.45, 7) is 0. The van der Waals surface area contributed by atoms with Gasteiger partial charge in [0.1, 0.15) is 0 Å². The molecule has 3 aromatic rings. The van der Waals surface area contributed by atoms with E-state index in [0.29, 0.717) is 6.42 Å². The predicted octanol–water partition coefficient (Wildman–Crippen LogP) is 3.57. The van der Waals surface area contributed by atoms with Crippen molar-refractivity contribution in [1.82, 2.24) is 4.98 Å². The van der Waals surface area contributed by atoms with Crippen molar-refractivity contribution in [2.24, 2.45) is 0 Å². The van der Waals surface area contributed by atoms with Crippen LogP contribution in [0, 0.1) is 0 Å². The lowest BCUT2D eigenvalue weighted by atomic mass is 10.0. The van der Waals surface area contributed by atoms with Crippen LogP contribution >= 0.6 is 11.3 Å². The average molecular weight is 255 g/mol. The smallest absolute Gasteiger partial charge is 0.0845 e. The van der Waals surface area contributed by atoms with E-state index in [1.807, 2.05) is 42.6 Å². The van der Waals surface area contributed by atoms with Gasteiger partial charge in [0.2, 0.25) is 0 Å². The Labute approximate surface area is 110 Å². The van der Waals surface area contributed by atoms with Gasteiger partial charge in [-0.05, 0) is 23.1 Å². The van der Waals surface area contributed by atoms with Gasteiger partial charge in [-0.2, -0.15) is 0 Å². The second-order valence-corrected chi connectivity index (χ2v) is 5.17. The molecule has 0 aliphatic carbocycles. The molecule has 2 aromatic heterocycles. The largest absolute Gasteiger partial charge is 0.388 e. The summed E-state index contributed by atoms with van der Waals surface area (Å²) < 4.78 is 1.22. The van der Waals surface area contributed by atoms with Crippen molar-refractivity contribution in [2.75, 3.05) is 0 Å². The van der Waals surface area contributed by atoms with Crippen molar-refractivity contribution in [3.63, 3.8) is 0 Å². The van der Waals surface area contributed by atoms with Crippen molar-refractivity contribution < 1.29 is 5.11 Å². The maximum absolute atomic E-state index is 10.2. The first-order valence-electron chi connectivity index (χ1n) is 5.89. The van der Waals surface area contributed by atoms with Gasteiger partial charge in [-0.15, -0.1) is 11.3 Å². The van der Waals surface area contributed by atoms with Crippen LogP contribution in [-0.4, -0.2) is 10.1 Å². The molecule has 3 heteroatoms. The van der Waals surface area contributed by atoms with Gasteiger partial charge in [0, 0.05) is 22.7 Å². The number of pyridine rings is 1. The molecule has 2 heterocycles. The van der Waals surface area contributed by atoms with E-state index in [1.165, 1.54) is 4.70 Å². The van der Waals surface area contributed by atoms with Gasteiger partial charge < -0.3 is 5.11 Å². The van der Waals surface area contributed by atoms with Gasteiger partial charge in [0.05, 0.1) is 11.8 Å². The highest BCUT2D eigenvalue weighted by Crippen LogP contribution is 2.26. The Hall–Kier alpha value is -1.71. The van der Waals surface area contributed by atoms with Crippen molar-refractivity contribution in [2.45, 2.75) is 12.5 Å². The first kappa shape index (κ1) is 11.4. The van der Waals surface area contributed by atoms with Crippen LogP contribution in [0.25, 0.3) is 10.1 Å². The first-order valence-corrected chi connectivity index (χ1v) is 6.76. The van der Waals surface area contributed by atoms with Crippen LogP contribution in [0.1, 0.15) is 17.4 Å². The third-order valence-corrected chi connectivity index (χ3v) is 3.92. The molecule has 0 radical (unpaired) electrons. The maximum atomic E-state index is 10.2. The molecule has 1 unspecified atom stereocenters. The molecule has 3 rings (SSSR count). The zero-order chi connectivity index (χ0) is 12.4. The Kier molecular flexibility index (Phi) is 3.09. The Morgan fingerprint density at radius 3 is 2.78 bits per heavy atom. The molecule has 1 atom stereocenters. The minimum Gasteiger partial charge on any atom is -0.388 e. The molecular weight excluding hydrogens is 242 g/mol. The van der Waals surface area contributed by atoms with E-state index in [4.69, 9.17) is 0 Å². The highest BCUT2D eigenvalue weighted by Gasteiger charge is 2.11. The number of thiophene rings is 1. The maximum Gasteiger partial charge on any atom is 0.0845 e. The van der Waals surface area contributed by atoms with E-state index in [2.05, 4.69) is 16.4 Å². The van der Waals surface area contributed by atoms with E-state index in [-0.39, 0.29) is 0 Å². The summed E-state index contributed by atoms with van der Waals surface area (Å²) in [5.74, 6) is 0. The number of aromatic nitrogens is 1. The van der Waals surface area contributed by atoms with Gasteiger partial charge in [0.25, 0.3) is 0 Å². The van der Waals surface area contributed by atoms with E-state index in [9.17, 15) is 5.11 Å². The van der Waals surface area contributed by atoms with Gasteiger partial charge in [-0.1, -0.05) is 30.3 Å². The summed E-state index contributed by atoms with van der Waals surface area (Å²) in [7, 11) is 0. The van der Waals surface area contributed by atoms with Crippen LogP contribution in [0.3, 0.4) is 0 Å². The third kappa shape index (κ3) is 2.15. The van der Waals surface area contributed by atoms with Gasteiger partial charge in [0.15, 0.2) is 0 Å². The molecule has 0 fully saturated rings. The second-order valence-electron chi connectivity index (χ2n) is 4.22. The Balaban J connectivity index is 1.91. The predicted molar refractivity (Wildman–Crippen MR) is 74.7 cm³/mol. The zero-order valence-electron chi connectivity index (χ0n) is 9.78. The van der Waals surface area contributed by atoms with E-state index in [1.54, 1.807) is 11.3 Å². The number of rotatable bonds is 3. The van der Waals surface area contributed by atoms with Gasteiger partial charge in [-0.3, -0.25) is 4.98 Å². The molecule has 0 saturated carbocycles. The Morgan fingerprint density at radius 2 is 1.94 bits per heavy atom. The average Bonchev–Trinajstić information content (AvgIpc) is 2.89.